The quantitative estimate of drug-likeness (QED) is 0.835. The second-order valence-corrected chi connectivity index (χ2v) is 6.24. The Morgan fingerprint density at radius 1 is 1.24 bits per heavy atom. The molecule has 1 aliphatic heterocycles. The Morgan fingerprint density at radius 3 is 2.48 bits per heavy atom. The van der Waals surface area contributed by atoms with E-state index < -0.39 is 0 Å². The van der Waals surface area contributed by atoms with Crippen LogP contribution in [0.5, 0.6) is 5.75 Å². The van der Waals surface area contributed by atoms with Gasteiger partial charge in [0.25, 0.3) is 0 Å². The monoisotopic (exact) mass is 290 g/mol. The zero-order chi connectivity index (χ0) is 15.1. The van der Waals surface area contributed by atoms with Gasteiger partial charge in [0.1, 0.15) is 5.75 Å². The maximum Gasteiger partial charge on any atom is 0.118 e. The minimum atomic E-state index is 0.529. The smallest absolute Gasteiger partial charge is 0.118 e. The fraction of sp³-hybridized carbons (Fsp3) is 0.667. The highest BCUT2D eigenvalue weighted by molar-refractivity contribution is 5.27. The number of benzene rings is 1. The lowest BCUT2D eigenvalue weighted by Gasteiger charge is -2.33. The summed E-state index contributed by atoms with van der Waals surface area (Å²) in [6.45, 7) is 8.32. The summed E-state index contributed by atoms with van der Waals surface area (Å²) in [5.74, 6) is 0.933. The zero-order valence-electron chi connectivity index (χ0n) is 13.8. The predicted octanol–water partition coefficient (Wildman–Crippen LogP) is 3.09. The summed E-state index contributed by atoms with van der Waals surface area (Å²) in [6, 6.07) is 9.64. The van der Waals surface area contributed by atoms with Crippen LogP contribution < -0.4 is 10.1 Å². The topological polar surface area (TPSA) is 24.5 Å². The molecule has 3 nitrogen and oxygen atoms in total. The molecule has 1 aromatic rings. The average Bonchev–Trinajstić information content (AvgIpc) is 2.50. The van der Waals surface area contributed by atoms with E-state index >= 15 is 0 Å². The molecule has 0 saturated carbocycles. The van der Waals surface area contributed by atoms with Crippen molar-refractivity contribution in [3.8, 4) is 5.75 Å². The minimum absolute atomic E-state index is 0.529. The number of nitrogens with one attached hydrogen (secondary N) is 1. The van der Waals surface area contributed by atoms with Crippen molar-refractivity contribution in [2.24, 2.45) is 0 Å². The molecule has 1 saturated heterocycles. The van der Waals surface area contributed by atoms with Gasteiger partial charge in [0.2, 0.25) is 0 Å². The third-order valence-electron chi connectivity index (χ3n) is 4.35. The number of piperidine rings is 1. The van der Waals surface area contributed by atoms with Crippen molar-refractivity contribution in [2.75, 3.05) is 26.7 Å². The number of likely N-dealkylation sites (tertiary alicyclic amines) is 1. The summed E-state index contributed by atoms with van der Waals surface area (Å²) in [5, 5.41) is 3.80. The van der Waals surface area contributed by atoms with E-state index in [1.54, 1.807) is 7.11 Å². The van der Waals surface area contributed by atoms with Crippen LogP contribution in [0.2, 0.25) is 0 Å². The summed E-state index contributed by atoms with van der Waals surface area (Å²) < 4.78 is 5.21. The Labute approximate surface area is 129 Å². The molecule has 1 aliphatic rings. The molecule has 0 radical (unpaired) electrons. The van der Waals surface area contributed by atoms with E-state index in [1.165, 1.54) is 44.5 Å². The zero-order valence-corrected chi connectivity index (χ0v) is 13.8. The average molecular weight is 290 g/mol. The number of methoxy groups -OCH3 is 1. The molecule has 2 rings (SSSR count). The highest BCUT2D eigenvalue weighted by atomic mass is 16.5. The van der Waals surface area contributed by atoms with E-state index in [9.17, 15) is 0 Å². The molecule has 1 unspecified atom stereocenters. The van der Waals surface area contributed by atoms with Crippen molar-refractivity contribution >= 4 is 0 Å². The Morgan fingerprint density at radius 2 is 1.90 bits per heavy atom. The largest absolute Gasteiger partial charge is 0.497 e. The van der Waals surface area contributed by atoms with Crippen LogP contribution in [-0.4, -0.2) is 43.7 Å². The molecule has 0 aliphatic carbocycles. The first-order valence-corrected chi connectivity index (χ1v) is 8.32. The van der Waals surface area contributed by atoms with E-state index in [0.29, 0.717) is 12.1 Å². The number of ether oxygens (including phenoxy) is 1. The number of nitrogens with zero attached hydrogens (tertiary/aromatic N) is 1. The van der Waals surface area contributed by atoms with Crippen LogP contribution in [-0.2, 0) is 6.42 Å². The van der Waals surface area contributed by atoms with Crippen LogP contribution in [0.4, 0.5) is 0 Å². The Hall–Kier alpha value is -1.06. The van der Waals surface area contributed by atoms with Crippen molar-refractivity contribution < 1.29 is 4.74 Å². The molecule has 1 N–H and O–H groups in total. The van der Waals surface area contributed by atoms with Crippen molar-refractivity contribution in [1.82, 2.24) is 10.2 Å². The van der Waals surface area contributed by atoms with Crippen molar-refractivity contribution in [3.05, 3.63) is 29.8 Å². The maximum absolute atomic E-state index is 5.21. The molecule has 0 spiro atoms. The van der Waals surface area contributed by atoms with Crippen LogP contribution in [0.15, 0.2) is 24.3 Å². The SMILES string of the molecule is CCCN1CCC(NC(C)Cc2ccc(OC)cc2)CC1. The molecule has 21 heavy (non-hydrogen) atoms. The van der Waals surface area contributed by atoms with Gasteiger partial charge in [0, 0.05) is 12.1 Å². The summed E-state index contributed by atoms with van der Waals surface area (Å²) in [4.78, 5) is 2.59. The third kappa shape index (κ3) is 5.33. The summed E-state index contributed by atoms with van der Waals surface area (Å²) >= 11 is 0. The predicted molar refractivity (Wildman–Crippen MR) is 89.0 cm³/mol. The van der Waals surface area contributed by atoms with E-state index in [4.69, 9.17) is 4.74 Å². The van der Waals surface area contributed by atoms with Gasteiger partial charge >= 0.3 is 0 Å². The molecular weight excluding hydrogens is 260 g/mol. The lowest BCUT2D eigenvalue weighted by Crippen LogP contribution is -2.46. The van der Waals surface area contributed by atoms with Gasteiger partial charge < -0.3 is 15.0 Å². The molecule has 118 valence electrons. The van der Waals surface area contributed by atoms with Crippen LogP contribution >= 0.6 is 0 Å². The number of hydrogen-bond donors (Lipinski definition) is 1. The highest BCUT2D eigenvalue weighted by Gasteiger charge is 2.19. The van der Waals surface area contributed by atoms with Crippen molar-refractivity contribution in [2.45, 2.75) is 51.6 Å². The Bertz CT molecular complexity index is 396. The van der Waals surface area contributed by atoms with Gasteiger partial charge in [-0.2, -0.15) is 0 Å². The van der Waals surface area contributed by atoms with Gasteiger partial charge in [0.05, 0.1) is 7.11 Å². The van der Waals surface area contributed by atoms with Crippen molar-refractivity contribution in [1.29, 1.82) is 0 Å². The van der Waals surface area contributed by atoms with Gasteiger partial charge in [-0.1, -0.05) is 19.1 Å². The molecular formula is C18H30N2O. The fourth-order valence-electron chi connectivity index (χ4n) is 3.22. The van der Waals surface area contributed by atoms with E-state index in [-0.39, 0.29) is 0 Å². The molecule has 0 aromatic heterocycles. The molecule has 1 heterocycles. The van der Waals surface area contributed by atoms with Gasteiger partial charge in [-0.15, -0.1) is 0 Å². The minimum Gasteiger partial charge on any atom is -0.497 e. The molecule has 0 amide bonds. The van der Waals surface area contributed by atoms with E-state index in [2.05, 4.69) is 36.2 Å². The first-order chi connectivity index (χ1) is 10.2. The molecule has 1 atom stereocenters. The maximum atomic E-state index is 5.21. The third-order valence-corrected chi connectivity index (χ3v) is 4.35. The normalized spacial score (nSPS) is 18.6. The summed E-state index contributed by atoms with van der Waals surface area (Å²) in [6.07, 6.45) is 4.92. The standard InChI is InChI=1S/C18H30N2O/c1-4-11-20-12-9-17(10-13-20)19-15(2)14-16-5-7-18(21-3)8-6-16/h5-8,15,17,19H,4,9-14H2,1-3H3. The second-order valence-electron chi connectivity index (χ2n) is 6.24. The van der Waals surface area contributed by atoms with Gasteiger partial charge in [0.15, 0.2) is 0 Å². The number of rotatable bonds is 7. The van der Waals surface area contributed by atoms with Crippen molar-refractivity contribution in [3.63, 3.8) is 0 Å². The van der Waals surface area contributed by atoms with Crippen LogP contribution in [0.1, 0.15) is 38.7 Å². The van der Waals surface area contributed by atoms with Crippen LogP contribution in [0, 0.1) is 0 Å². The summed E-state index contributed by atoms with van der Waals surface area (Å²) in [5.41, 5.74) is 1.37. The van der Waals surface area contributed by atoms with Gasteiger partial charge in [-0.05, 0) is 69.9 Å². The van der Waals surface area contributed by atoms with Crippen LogP contribution in [0.25, 0.3) is 0 Å². The molecule has 0 bridgehead atoms. The second kappa shape index (κ2) is 8.40. The number of hydrogen-bond acceptors (Lipinski definition) is 3. The Kier molecular flexibility index (Phi) is 6.52. The van der Waals surface area contributed by atoms with Gasteiger partial charge in [-0.3, -0.25) is 0 Å². The first kappa shape index (κ1) is 16.3. The lowest BCUT2D eigenvalue weighted by atomic mass is 10.0. The lowest BCUT2D eigenvalue weighted by molar-refractivity contribution is 0.192. The Balaban J connectivity index is 1.73. The molecule has 1 fully saturated rings. The van der Waals surface area contributed by atoms with E-state index in [1.807, 2.05) is 12.1 Å². The van der Waals surface area contributed by atoms with Crippen LogP contribution in [0.3, 0.4) is 0 Å². The van der Waals surface area contributed by atoms with Gasteiger partial charge in [-0.25, -0.2) is 0 Å². The molecule has 3 heteroatoms. The highest BCUT2D eigenvalue weighted by Crippen LogP contribution is 2.15. The fourth-order valence-corrected chi connectivity index (χ4v) is 3.22. The summed E-state index contributed by atoms with van der Waals surface area (Å²) in [7, 11) is 1.71. The molecule has 1 aromatic carbocycles. The van der Waals surface area contributed by atoms with E-state index in [0.717, 1.165) is 12.2 Å². The first-order valence-electron chi connectivity index (χ1n) is 8.32.